The Morgan fingerprint density at radius 1 is 1.00 bits per heavy atom. The molecule has 1 aromatic heterocycles. The molecule has 3 aromatic rings. The van der Waals surface area contributed by atoms with Crippen molar-refractivity contribution in [2.24, 2.45) is 0 Å². The van der Waals surface area contributed by atoms with E-state index in [-0.39, 0.29) is 5.88 Å². The van der Waals surface area contributed by atoms with Crippen molar-refractivity contribution >= 4 is 11.8 Å². The fourth-order valence-corrected chi connectivity index (χ4v) is 2.67. The molecule has 0 aliphatic heterocycles. The largest absolute Gasteiger partial charge is 0.493 e. The van der Waals surface area contributed by atoms with Gasteiger partial charge in [-0.05, 0) is 37.4 Å². The molecule has 1 heterocycles. The fourth-order valence-electron chi connectivity index (χ4n) is 2.26. The molecule has 1 N–H and O–H groups in total. The zero-order valence-electron chi connectivity index (χ0n) is 11.9. The van der Waals surface area contributed by atoms with Gasteiger partial charge < -0.3 is 5.11 Å². The monoisotopic (exact) mass is 296 g/mol. The van der Waals surface area contributed by atoms with Crippen LogP contribution in [0.1, 0.15) is 5.56 Å². The van der Waals surface area contributed by atoms with Crippen LogP contribution < -0.4 is 0 Å². The molecule has 0 amide bonds. The third kappa shape index (κ3) is 2.54. The number of nitrogens with zero attached hydrogens (tertiary/aromatic N) is 2. The van der Waals surface area contributed by atoms with Crippen LogP contribution in [-0.2, 0) is 0 Å². The molecule has 3 rings (SSSR count). The van der Waals surface area contributed by atoms with Gasteiger partial charge in [-0.3, -0.25) is 0 Å². The number of aromatic nitrogens is 2. The van der Waals surface area contributed by atoms with E-state index in [2.05, 4.69) is 23.5 Å². The van der Waals surface area contributed by atoms with Crippen molar-refractivity contribution in [2.45, 2.75) is 11.8 Å². The Balaban J connectivity index is 2.08. The van der Waals surface area contributed by atoms with E-state index < -0.39 is 0 Å². The van der Waals surface area contributed by atoms with Crippen molar-refractivity contribution < 1.29 is 5.11 Å². The molecular formula is C17H16N2OS. The first kappa shape index (κ1) is 13.8. The second-order valence-corrected chi connectivity index (χ2v) is 5.65. The minimum atomic E-state index is 0.185. The van der Waals surface area contributed by atoms with Gasteiger partial charge in [0, 0.05) is 16.0 Å². The van der Waals surface area contributed by atoms with Crippen LogP contribution >= 0.6 is 11.8 Å². The van der Waals surface area contributed by atoms with Gasteiger partial charge in [0.05, 0.1) is 11.4 Å². The summed E-state index contributed by atoms with van der Waals surface area (Å²) in [6.45, 7) is 1.89. The lowest BCUT2D eigenvalue weighted by Gasteiger charge is -2.02. The number of benzene rings is 2. The standard InChI is InChI=1S/C17H16N2OS/c1-12-16(13-8-10-15(21-2)11-9-13)18-19(17(12)20)14-6-4-3-5-7-14/h3-11,20H,1-2H3. The number of hydrogen-bond donors (Lipinski definition) is 1. The lowest BCUT2D eigenvalue weighted by atomic mass is 10.1. The molecule has 0 spiro atoms. The van der Waals surface area contributed by atoms with Crippen LogP contribution in [0, 0.1) is 6.92 Å². The molecule has 0 aliphatic carbocycles. The van der Waals surface area contributed by atoms with Gasteiger partial charge in [0.2, 0.25) is 5.88 Å². The van der Waals surface area contributed by atoms with Gasteiger partial charge in [-0.1, -0.05) is 30.3 Å². The second-order valence-electron chi connectivity index (χ2n) is 4.77. The maximum atomic E-state index is 10.3. The average molecular weight is 296 g/mol. The highest BCUT2D eigenvalue weighted by Gasteiger charge is 2.15. The van der Waals surface area contributed by atoms with E-state index in [9.17, 15) is 5.11 Å². The van der Waals surface area contributed by atoms with E-state index in [1.54, 1.807) is 16.4 Å². The van der Waals surface area contributed by atoms with E-state index in [4.69, 9.17) is 0 Å². The minimum absolute atomic E-state index is 0.185. The van der Waals surface area contributed by atoms with Gasteiger partial charge in [-0.15, -0.1) is 11.8 Å². The van der Waals surface area contributed by atoms with E-state index in [1.807, 2.05) is 49.4 Å². The third-order valence-electron chi connectivity index (χ3n) is 3.46. The quantitative estimate of drug-likeness (QED) is 0.733. The summed E-state index contributed by atoms with van der Waals surface area (Å²) in [5, 5.41) is 14.9. The summed E-state index contributed by atoms with van der Waals surface area (Å²) in [4.78, 5) is 1.21. The van der Waals surface area contributed by atoms with Gasteiger partial charge in [0.15, 0.2) is 0 Å². The smallest absolute Gasteiger partial charge is 0.217 e. The predicted molar refractivity (Wildman–Crippen MR) is 87.2 cm³/mol. The van der Waals surface area contributed by atoms with Gasteiger partial charge in [-0.25, -0.2) is 4.68 Å². The maximum Gasteiger partial charge on any atom is 0.217 e. The van der Waals surface area contributed by atoms with Crippen molar-refractivity contribution in [3.8, 4) is 22.8 Å². The Kier molecular flexibility index (Phi) is 3.71. The average Bonchev–Trinajstić information content (AvgIpc) is 2.84. The normalized spacial score (nSPS) is 10.8. The number of hydrogen-bond acceptors (Lipinski definition) is 3. The van der Waals surface area contributed by atoms with E-state index in [1.165, 1.54) is 4.90 Å². The molecule has 0 aliphatic rings. The van der Waals surface area contributed by atoms with Gasteiger partial charge in [0.25, 0.3) is 0 Å². The Morgan fingerprint density at radius 2 is 1.67 bits per heavy atom. The first-order valence-electron chi connectivity index (χ1n) is 6.69. The van der Waals surface area contributed by atoms with Crippen LogP contribution in [0.2, 0.25) is 0 Å². The highest BCUT2D eigenvalue weighted by Crippen LogP contribution is 2.31. The first-order valence-corrected chi connectivity index (χ1v) is 7.91. The number of para-hydroxylation sites is 1. The lowest BCUT2D eigenvalue weighted by molar-refractivity contribution is 0.430. The van der Waals surface area contributed by atoms with E-state index >= 15 is 0 Å². The van der Waals surface area contributed by atoms with Gasteiger partial charge >= 0.3 is 0 Å². The van der Waals surface area contributed by atoms with Crippen molar-refractivity contribution in [1.82, 2.24) is 9.78 Å². The molecule has 0 unspecified atom stereocenters. The van der Waals surface area contributed by atoms with Crippen molar-refractivity contribution in [2.75, 3.05) is 6.26 Å². The number of thioether (sulfide) groups is 1. The molecule has 0 atom stereocenters. The molecule has 106 valence electrons. The Labute approximate surface area is 128 Å². The van der Waals surface area contributed by atoms with E-state index in [0.717, 1.165) is 22.5 Å². The molecule has 0 saturated heterocycles. The minimum Gasteiger partial charge on any atom is -0.493 e. The van der Waals surface area contributed by atoms with Gasteiger partial charge in [-0.2, -0.15) is 5.10 Å². The Bertz CT molecular complexity index is 748. The molecule has 2 aromatic carbocycles. The van der Waals surface area contributed by atoms with Crippen molar-refractivity contribution in [1.29, 1.82) is 0 Å². The summed E-state index contributed by atoms with van der Waals surface area (Å²) in [6.07, 6.45) is 2.05. The van der Waals surface area contributed by atoms with E-state index in [0.29, 0.717) is 0 Å². The SMILES string of the molecule is CSc1ccc(-c2nn(-c3ccccc3)c(O)c2C)cc1. The van der Waals surface area contributed by atoms with Crippen LogP contribution in [0.3, 0.4) is 0 Å². The topological polar surface area (TPSA) is 38.0 Å². The van der Waals surface area contributed by atoms with Crippen LogP contribution in [0.5, 0.6) is 5.88 Å². The van der Waals surface area contributed by atoms with Crippen molar-refractivity contribution in [3.05, 3.63) is 60.2 Å². The fraction of sp³-hybridized carbons (Fsp3) is 0.118. The molecule has 0 saturated carbocycles. The lowest BCUT2D eigenvalue weighted by Crippen LogP contribution is -1.95. The molecule has 0 bridgehead atoms. The highest BCUT2D eigenvalue weighted by molar-refractivity contribution is 7.98. The predicted octanol–water partition coefficient (Wildman–Crippen LogP) is 4.28. The molecule has 21 heavy (non-hydrogen) atoms. The van der Waals surface area contributed by atoms with Crippen molar-refractivity contribution in [3.63, 3.8) is 0 Å². The molecule has 0 radical (unpaired) electrons. The molecular weight excluding hydrogens is 280 g/mol. The second kappa shape index (κ2) is 5.66. The molecule has 0 fully saturated rings. The Hall–Kier alpha value is -2.20. The van der Waals surface area contributed by atoms with Crippen LogP contribution in [-0.4, -0.2) is 21.1 Å². The summed E-state index contributed by atoms with van der Waals surface area (Å²) in [7, 11) is 0. The first-order chi connectivity index (χ1) is 10.2. The molecule has 4 heteroatoms. The zero-order valence-corrected chi connectivity index (χ0v) is 12.8. The zero-order chi connectivity index (χ0) is 14.8. The van der Waals surface area contributed by atoms with Gasteiger partial charge in [0.1, 0.15) is 0 Å². The van der Waals surface area contributed by atoms with Crippen LogP contribution in [0.25, 0.3) is 16.9 Å². The summed E-state index contributed by atoms with van der Waals surface area (Å²) < 4.78 is 1.58. The maximum absolute atomic E-state index is 10.3. The summed E-state index contributed by atoms with van der Waals surface area (Å²) >= 11 is 1.71. The number of aromatic hydroxyl groups is 1. The highest BCUT2D eigenvalue weighted by atomic mass is 32.2. The molecule has 3 nitrogen and oxygen atoms in total. The summed E-state index contributed by atoms with van der Waals surface area (Å²) in [5.74, 6) is 0.185. The Morgan fingerprint density at radius 3 is 2.29 bits per heavy atom. The van der Waals surface area contributed by atoms with Crippen LogP contribution in [0.15, 0.2) is 59.5 Å². The third-order valence-corrected chi connectivity index (χ3v) is 4.20. The number of rotatable bonds is 3. The van der Waals surface area contributed by atoms with Crippen LogP contribution in [0.4, 0.5) is 0 Å². The summed E-state index contributed by atoms with van der Waals surface area (Å²) in [5.41, 5.74) is 3.46. The summed E-state index contributed by atoms with van der Waals surface area (Å²) in [6, 6.07) is 17.9.